The predicted octanol–water partition coefficient (Wildman–Crippen LogP) is 4.56. The molecule has 0 spiro atoms. The molecule has 29 heavy (non-hydrogen) atoms. The quantitative estimate of drug-likeness (QED) is 0.313. The molecular formula is C25H13NO3. The minimum atomic E-state index is -0.181. The molecule has 136 valence electrons. The van der Waals surface area contributed by atoms with Gasteiger partial charge in [-0.25, -0.2) is 0 Å². The Kier molecular flexibility index (Phi) is 3.02. The number of hydrogen-bond acceptors (Lipinski definition) is 3. The van der Waals surface area contributed by atoms with Gasteiger partial charge >= 0.3 is 0 Å². The molecule has 2 aliphatic carbocycles. The number of hydrogen-bond donors (Lipinski definition) is 1. The van der Waals surface area contributed by atoms with Gasteiger partial charge in [-0.2, -0.15) is 0 Å². The Morgan fingerprint density at radius 3 is 2.07 bits per heavy atom. The molecule has 0 saturated carbocycles. The van der Waals surface area contributed by atoms with Crippen LogP contribution in [-0.4, -0.2) is 16.6 Å². The molecule has 4 nitrogen and oxygen atoms in total. The summed E-state index contributed by atoms with van der Waals surface area (Å²) in [5, 5.41) is 2.34. The number of benzene rings is 4. The van der Waals surface area contributed by atoms with E-state index in [1.807, 2.05) is 36.4 Å². The first-order valence-electron chi connectivity index (χ1n) is 9.33. The summed E-state index contributed by atoms with van der Waals surface area (Å²) in [5.74, 6) is -0.340. The van der Waals surface area contributed by atoms with Crippen molar-refractivity contribution in [1.29, 1.82) is 0 Å². The molecule has 0 amide bonds. The maximum absolute atomic E-state index is 13.2. The van der Waals surface area contributed by atoms with Gasteiger partial charge in [-0.05, 0) is 22.9 Å². The number of aromatic nitrogens is 1. The van der Waals surface area contributed by atoms with Crippen LogP contribution in [0.15, 0.2) is 77.6 Å². The van der Waals surface area contributed by atoms with Crippen LogP contribution in [0.25, 0.3) is 32.9 Å². The summed E-state index contributed by atoms with van der Waals surface area (Å²) in [5.41, 5.74) is 3.65. The molecule has 4 heteroatoms. The van der Waals surface area contributed by atoms with E-state index in [1.54, 1.807) is 36.4 Å². The fraction of sp³-hybridized carbons (Fsp3) is 0. The summed E-state index contributed by atoms with van der Waals surface area (Å²) in [6.07, 6.45) is 0. The van der Waals surface area contributed by atoms with Crippen molar-refractivity contribution in [3.63, 3.8) is 0 Å². The van der Waals surface area contributed by atoms with Gasteiger partial charge in [0.25, 0.3) is 0 Å². The molecule has 3 aliphatic rings. The van der Waals surface area contributed by atoms with E-state index in [0.717, 1.165) is 16.3 Å². The third-order valence-corrected chi connectivity index (χ3v) is 5.73. The van der Waals surface area contributed by atoms with Crippen LogP contribution in [0.1, 0.15) is 31.8 Å². The Labute approximate surface area is 164 Å². The molecule has 0 unspecified atom stereocenters. The molecule has 0 fully saturated rings. The second-order valence-electron chi connectivity index (χ2n) is 7.31. The van der Waals surface area contributed by atoms with Crippen LogP contribution in [0.4, 0.5) is 0 Å². The van der Waals surface area contributed by atoms with E-state index in [0.29, 0.717) is 38.9 Å². The minimum absolute atomic E-state index is 0.0822. The number of rotatable bonds is 0. The fourth-order valence-corrected chi connectivity index (χ4v) is 4.37. The molecule has 1 heterocycles. The molecule has 1 N–H and O–H groups in total. The lowest BCUT2D eigenvalue weighted by Crippen LogP contribution is -2.21. The summed E-state index contributed by atoms with van der Waals surface area (Å²) >= 11 is 0. The Hall–Kier alpha value is -4.05. The highest BCUT2D eigenvalue weighted by atomic mass is 16.1. The second kappa shape index (κ2) is 5.49. The Balaban J connectivity index is 1.75. The Morgan fingerprint density at radius 2 is 1.28 bits per heavy atom. The summed E-state index contributed by atoms with van der Waals surface area (Å²) in [6, 6.07) is 21.5. The van der Waals surface area contributed by atoms with Crippen molar-refractivity contribution in [3.05, 3.63) is 105 Å². The number of H-pyrrole nitrogens is 1. The van der Waals surface area contributed by atoms with Crippen molar-refractivity contribution in [3.8, 4) is 11.3 Å². The third kappa shape index (κ3) is 2.05. The number of carbonyl (C=O) groups excluding carboxylic acids is 2. The highest BCUT2D eigenvalue weighted by molar-refractivity contribution is 6.31. The first-order valence-corrected chi connectivity index (χ1v) is 9.33. The van der Waals surface area contributed by atoms with Crippen LogP contribution in [-0.2, 0) is 0 Å². The molecule has 1 aliphatic heterocycles. The number of nitrogens with one attached hydrogen (secondary N) is 1. The predicted molar refractivity (Wildman–Crippen MR) is 112 cm³/mol. The molecule has 0 bridgehead atoms. The standard InChI is InChI=1S/C25H13NO3/c27-21-12-20-19(14-5-1-2-6-15(14)21)11-13-9-10-18-22(23(13)26-20)25(29)17-8-4-3-7-16(17)24(18)28/h1-12,26H. The number of ketones is 2. The highest BCUT2D eigenvalue weighted by Crippen LogP contribution is 2.36. The van der Waals surface area contributed by atoms with E-state index >= 15 is 0 Å². The first-order chi connectivity index (χ1) is 14.1. The van der Waals surface area contributed by atoms with Gasteiger partial charge in [0.05, 0.1) is 16.8 Å². The lowest BCUT2D eigenvalue weighted by atomic mass is 9.82. The SMILES string of the molecule is O=C1c2ccccc2C(=O)c2c1ccc1cc3c4ccccc4c(=O)cc-3[nH]c21. The number of fused-ring (bicyclic) bond motifs is 7. The molecule has 0 saturated heterocycles. The summed E-state index contributed by atoms with van der Waals surface area (Å²) in [4.78, 5) is 42.1. The largest absolute Gasteiger partial charge is 0.354 e. The van der Waals surface area contributed by atoms with Crippen molar-refractivity contribution < 1.29 is 9.59 Å². The lowest BCUT2D eigenvalue weighted by molar-refractivity contribution is 0.0980. The molecule has 3 aromatic carbocycles. The van der Waals surface area contributed by atoms with Crippen LogP contribution in [0.3, 0.4) is 0 Å². The van der Waals surface area contributed by atoms with Gasteiger partial charge in [0.15, 0.2) is 17.0 Å². The molecule has 0 radical (unpaired) electrons. The fourth-order valence-electron chi connectivity index (χ4n) is 4.37. The van der Waals surface area contributed by atoms with Crippen LogP contribution in [0.2, 0.25) is 0 Å². The van der Waals surface area contributed by atoms with E-state index in [1.165, 1.54) is 0 Å². The van der Waals surface area contributed by atoms with Gasteiger partial charge in [-0.1, -0.05) is 54.6 Å². The van der Waals surface area contributed by atoms with Crippen LogP contribution >= 0.6 is 0 Å². The summed E-state index contributed by atoms with van der Waals surface area (Å²) < 4.78 is 0. The molecular weight excluding hydrogens is 362 g/mol. The average Bonchev–Trinajstić information content (AvgIpc) is 2.76. The third-order valence-electron chi connectivity index (χ3n) is 5.73. The summed E-state index contributed by atoms with van der Waals surface area (Å²) in [6.45, 7) is 0. The number of pyridine rings is 1. The van der Waals surface area contributed by atoms with E-state index < -0.39 is 0 Å². The van der Waals surface area contributed by atoms with E-state index in [4.69, 9.17) is 0 Å². The zero-order chi connectivity index (χ0) is 19.7. The first kappa shape index (κ1) is 16.0. The Morgan fingerprint density at radius 1 is 0.586 bits per heavy atom. The van der Waals surface area contributed by atoms with Crippen LogP contribution in [0, 0.1) is 0 Å². The van der Waals surface area contributed by atoms with Crippen molar-refractivity contribution in [2.45, 2.75) is 0 Å². The summed E-state index contributed by atoms with van der Waals surface area (Å²) in [7, 11) is 0. The van der Waals surface area contributed by atoms with Crippen molar-refractivity contribution >= 4 is 33.2 Å². The average molecular weight is 375 g/mol. The maximum Gasteiger partial charge on any atom is 0.196 e. The monoisotopic (exact) mass is 375 g/mol. The maximum atomic E-state index is 13.2. The van der Waals surface area contributed by atoms with Gasteiger partial charge in [-0.15, -0.1) is 0 Å². The van der Waals surface area contributed by atoms with Gasteiger partial charge in [0, 0.05) is 33.7 Å². The lowest BCUT2D eigenvalue weighted by Gasteiger charge is -2.20. The van der Waals surface area contributed by atoms with Crippen molar-refractivity contribution in [1.82, 2.24) is 4.98 Å². The van der Waals surface area contributed by atoms with Crippen LogP contribution < -0.4 is 5.43 Å². The van der Waals surface area contributed by atoms with Gasteiger partial charge in [0.2, 0.25) is 0 Å². The second-order valence-corrected chi connectivity index (χ2v) is 7.31. The molecule has 0 atom stereocenters. The van der Waals surface area contributed by atoms with E-state index in [-0.39, 0.29) is 17.0 Å². The molecule has 0 aromatic heterocycles. The number of aromatic amines is 1. The van der Waals surface area contributed by atoms with Gasteiger partial charge < -0.3 is 4.98 Å². The normalized spacial score (nSPS) is 13.1. The highest BCUT2D eigenvalue weighted by Gasteiger charge is 2.31. The molecule has 6 rings (SSSR count). The Bertz CT molecular complexity index is 1560. The van der Waals surface area contributed by atoms with Gasteiger partial charge in [0.1, 0.15) is 0 Å². The number of carbonyl (C=O) groups is 2. The topological polar surface area (TPSA) is 67.0 Å². The van der Waals surface area contributed by atoms with Crippen LogP contribution in [0.5, 0.6) is 0 Å². The van der Waals surface area contributed by atoms with Crippen molar-refractivity contribution in [2.75, 3.05) is 0 Å². The molecule has 3 aromatic rings. The smallest absolute Gasteiger partial charge is 0.196 e. The van der Waals surface area contributed by atoms with E-state index in [9.17, 15) is 14.4 Å². The zero-order valence-electron chi connectivity index (χ0n) is 15.2. The van der Waals surface area contributed by atoms with Crippen molar-refractivity contribution in [2.24, 2.45) is 0 Å². The van der Waals surface area contributed by atoms with E-state index in [2.05, 4.69) is 4.98 Å². The minimum Gasteiger partial charge on any atom is -0.354 e. The zero-order valence-corrected chi connectivity index (χ0v) is 15.2. The van der Waals surface area contributed by atoms with Gasteiger partial charge in [-0.3, -0.25) is 14.4 Å².